The highest BCUT2D eigenvalue weighted by Gasteiger charge is 2.29. The summed E-state index contributed by atoms with van der Waals surface area (Å²) in [6, 6.07) is 4.84. The van der Waals surface area contributed by atoms with E-state index in [0.29, 0.717) is 26.1 Å². The molecule has 1 aliphatic rings. The number of hydrogen-bond acceptors (Lipinski definition) is 3. The number of likely N-dealkylation sites (tertiary alicyclic amines) is 1. The largest absolute Gasteiger partial charge is 0.354 e. The molecule has 23 heavy (non-hydrogen) atoms. The standard InChI is InChI=1S/C17H25N3O3/c1-13-7-5-9-16(22)19(13)12-6-10-18-17(23)15-8-3-4-11-20(15)14(2)21/h5,7,9,15H,3-4,6,8,10-12H2,1-2H3,(H,18,23)/t15-/m0/s1. The van der Waals surface area contributed by atoms with Crippen molar-refractivity contribution >= 4 is 11.8 Å². The molecule has 6 nitrogen and oxygen atoms in total. The van der Waals surface area contributed by atoms with Gasteiger partial charge in [-0.05, 0) is 38.7 Å². The number of nitrogens with zero attached hydrogens (tertiary/aromatic N) is 2. The van der Waals surface area contributed by atoms with E-state index >= 15 is 0 Å². The molecule has 1 N–H and O–H groups in total. The van der Waals surface area contributed by atoms with Crippen molar-refractivity contribution in [3.8, 4) is 0 Å². The van der Waals surface area contributed by atoms with Crippen LogP contribution in [0, 0.1) is 6.92 Å². The van der Waals surface area contributed by atoms with Crippen molar-refractivity contribution in [3.63, 3.8) is 0 Å². The second-order valence-electron chi connectivity index (χ2n) is 6.03. The molecule has 1 fully saturated rings. The zero-order valence-electron chi connectivity index (χ0n) is 13.9. The second kappa shape index (κ2) is 7.94. The lowest BCUT2D eigenvalue weighted by molar-refractivity contribution is -0.140. The minimum Gasteiger partial charge on any atom is -0.354 e. The highest BCUT2D eigenvalue weighted by atomic mass is 16.2. The molecule has 1 atom stereocenters. The maximum atomic E-state index is 12.3. The molecule has 6 heteroatoms. The van der Waals surface area contributed by atoms with Crippen molar-refractivity contribution in [2.45, 2.75) is 52.1 Å². The second-order valence-corrected chi connectivity index (χ2v) is 6.03. The van der Waals surface area contributed by atoms with Gasteiger partial charge in [-0.1, -0.05) is 6.07 Å². The number of carbonyl (C=O) groups is 2. The normalized spacial score (nSPS) is 17.8. The molecular formula is C17H25N3O3. The van der Waals surface area contributed by atoms with E-state index in [9.17, 15) is 14.4 Å². The maximum absolute atomic E-state index is 12.3. The van der Waals surface area contributed by atoms with Crippen molar-refractivity contribution in [2.24, 2.45) is 0 Å². The summed E-state index contributed by atoms with van der Waals surface area (Å²) in [5.74, 6) is -0.131. The Bertz CT molecular complexity index is 624. The third-order valence-corrected chi connectivity index (χ3v) is 4.34. The van der Waals surface area contributed by atoms with Gasteiger partial charge in [0.2, 0.25) is 11.8 Å². The number of piperidine rings is 1. The van der Waals surface area contributed by atoms with Gasteiger partial charge in [-0.2, -0.15) is 0 Å². The first-order valence-electron chi connectivity index (χ1n) is 8.22. The fourth-order valence-electron chi connectivity index (χ4n) is 3.06. The van der Waals surface area contributed by atoms with Gasteiger partial charge in [0.15, 0.2) is 0 Å². The molecule has 0 bridgehead atoms. The molecule has 1 aliphatic heterocycles. The highest BCUT2D eigenvalue weighted by molar-refractivity contribution is 5.87. The topological polar surface area (TPSA) is 71.4 Å². The van der Waals surface area contributed by atoms with E-state index in [0.717, 1.165) is 25.0 Å². The van der Waals surface area contributed by atoms with Gasteiger partial charge >= 0.3 is 0 Å². The molecule has 1 saturated heterocycles. The van der Waals surface area contributed by atoms with Crippen LogP contribution in [0.25, 0.3) is 0 Å². The Morgan fingerprint density at radius 2 is 2.09 bits per heavy atom. The molecule has 1 aromatic rings. The summed E-state index contributed by atoms with van der Waals surface area (Å²) < 4.78 is 1.70. The van der Waals surface area contributed by atoms with Gasteiger partial charge in [0.05, 0.1) is 0 Å². The van der Waals surface area contributed by atoms with Crippen molar-refractivity contribution in [1.29, 1.82) is 0 Å². The van der Waals surface area contributed by atoms with Crippen LogP contribution in [0.5, 0.6) is 0 Å². The Morgan fingerprint density at radius 3 is 2.78 bits per heavy atom. The van der Waals surface area contributed by atoms with E-state index in [-0.39, 0.29) is 23.4 Å². The zero-order valence-corrected chi connectivity index (χ0v) is 13.9. The molecule has 126 valence electrons. The Morgan fingerprint density at radius 1 is 1.30 bits per heavy atom. The monoisotopic (exact) mass is 319 g/mol. The molecular weight excluding hydrogens is 294 g/mol. The summed E-state index contributed by atoms with van der Waals surface area (Å²) in [6.45, 7) is 5.14. The lowest BCUT2D eigenvalue weighted by Crippen LogP contribution is -2.51. The molecule has 0 aliphatic carbocycles. The molecule has 0 spiro atoms. The van der Waals surface area contributed by atoms with Gasteiger partial charge in [-0.3, -0.25) is 14.4 Å². The molecule has 2 amide bonds. The number of hydrogen-bond donors (Lipinski definition) is 1. The zero-order chi connectivity index (χ0) is 16.8. The molecule has 1 aromatic heterocycles. The predicted molar refractivity (Wildman–Crippen MR) is 88.1 cm³/mol. The van der Waals surface area contributed by atoms with Crippen molar-refractivity contribution in [3.05, 3.63) is 34.2 Å². The Labute approximate surface area is 136 Å². The van der Waals surface area contributed by atoms with Crippen LogP contribution in [0.3, 0.4) is 0 Å². The summed E-state index contributed by atoms with van der Waals surface area (Å²) in [5.41, 5.74) is 0.894. The van der Waals surface area contributed by atoms with Crippen LogP contribution >= 0.6 is 0 Å². The number of aromatic nitrogens is 1. The summed E-state index contributed by atoms with van der Waals surface area (Å²) in [5, 5.41) is 2.90. The van der Waals surface area contributed by atoms with E-state index in [1.807, 2.05) is 13.0 Å². The minimum atomic E-state index is -0.345. The fraction of sp³-hybridized carbons (Fsp3) is 0.588. The van der Waals surface area contributed by atoms with Crippen LogP contribution in [0.2, 0.25) is 0 Å². The number of rotatable bonds is 5. The van der Waals surface area contributed by atoms with Gasteiger partial charge in [0, 0.05) is 38.3 Å². The van der Waals surface area contributed by atoms with Crippen LogP contribution < -0.4 is 10.9 Å². The molecule has 2 heterocycles. The van der Waals surface area contributed by atoms with Crippen LogP contribution in [0.4, 0.5) is 0 Å². The Hall–Kier alpha value is -2.11. The lowest BCUT2D eigenvalue weighted by Gasteiger charge is -2.33. The van der Waals surface area contributed by atoms with Gasteiger partial charge < -0.3 is 14.8 Å². The SMILES string of the molecule is CC(=O)N1CCCC[C@H]1C(=O)NCCCn1c(C)cccc1=O. The van der Waals surface area contributed by atoms with E-state index in [2.05, 4.69) is 5.32 Å². The summed E-state index contributed by atoms with van der Waals surface area (Å²) in [4.78, 5) is 37.3. The number of aryl methyl sites for hydroxylation is 1. The van der Waals surface area contributed by atoms with Gasteiger partial charge in [0.1, 0.15) is 6.04 Å². The first-order valence-corrected chi connectivity index (χ1v) is 8.22. The average molecular weight is 319 g/mol. The van der Waals surface area contributed by atoms with Crippen LogP contribution in [-0.4, -0.2) is 40.4 Å². The lowest BCUT2D eigenvalue weighted by atomic mass is 10.0. The minimum absolute atomic E-state index is 0.0219. The Balaban J connectivity index is 1.82. The smallest absolute Gasteiger partial charge is 0.250 e. The first kappa shape index (κ1) is 17.2. The van der Waals surface area contributed by atoms with Gasteiger partial charge in [-0.25, -0.2) is 0 Å². The molecule has 0 unspecified atom stereocenters. The third kappa shape index (κ3) is 4.43. The van der Waals surface area contributed by atoms with Gasteiger partial charge in [-0.15, -0.1) is 0 Å². The van der Waals surface area contributed by atoms with E-state index in [4.69, 9.17) is 0 Å². The van der Waals surface area contributed by atoms with E-state index < -0.39 is 0 Å². The molecule has 2 rings (SSSR count). The summed E-state index contributed by atoms with van der Waals surface area (Å²) in [6.07, 6.45) is 3.34. The van der Waals surface area contributed by atoms with Crippen molar-refractivity contribution in [1.82, 2.24) is 14.8 Å². The molecule has 0 radical (unpaired) electrons. The number of nitrogens with one attached hydrogen (secondary N) is 1. The number of amides is 2. The van der Waals surface area contributed by atoms with Crippen molar-refractivity contribution in [2.75, 3.05) is 13.1 Å². The first-order chi connectivity index (χ1) is 11.0. The fourth-order valence-corrected chi connectivity index (χ4v) is 3.06. The summed E-state index contributed by atoms with van der Waals surface area (Å²) in [7, 11) is 0. The third-order valence-electron chi connectivity index (χ3n) is 4.34. The number of carbonyl (C=O) groups excluding carboxylic acids is 2. The molecule has 0 saturated carbocycles. The van der Waals surface area contributed by atoms with E-state index in [1.54, 1.807) is 21.6 Å². The average Bonchev–Trinajstić information content (AvgIpc) is 2.53. The predicted octanol–water partition coefficient (Wildman–Crippen LogP) is 1.06. The van der Waals surface area contributed by atoms with Crippen LogP contribution in [-0.2, 0) is 16.1 Å². The molecule has 0 aromatic carbocycles. The quantitative estimate of drug-likeness (QED) is 0.825. The summed E-state index contributed by atoms with van der Waals surface area (Å²) >= 11 is 0. The van der Waals surface area contributed by atoms with Gasteiger partial charge in [0.25, 0.3) is 5.56 Å². The maximum Gasteiger partial charge on any atom is 0.250 e. The number of pyridine rings is 1. The Kier molecular flexibility index (Phi) is 5.96. The van der Waals surface area contributed by atoms with Crippen LogP contribution in [0.15, 0.2) is 23.0 Å². The highest BCUT2D eigenvalue weighted by Crippen LogP contribution is 2.17. The van der Waals surface area contributed by atoms with Crippen molar-refractivity contribution < 1.29 is 9.59 Å². The van der Waals surface area contributed by atoms with E-state index in [1.165, 1.54) is 6.92 Å². The van der Waals surface area contributed by atoms with Crippen LogP contribution in [0.1, 0.15) is 38.3 Å².